The number of amides is 1. The van der Waals surface area contributed by atoms with Crippen molar-refractivity contribution in [2.24, 2.45) is 5.92 Å². The molecule has 9 nitrogen and oxygen atoms in total. The molecule has 1 atom stereocenters. The summed E-state index contributed by atoms with van der Waals surface area (Å²) in [5, 5.41) is 8.45. The molecule has 1 aromatic carbocycles. The molecule has 1 aliphatic rings. The van der Waals surface area contributed by atoms with E-state index >= 15 is 0 Å². The van der Waals surface area contributed by atoms with Crippen LogP contribution in [-0.2, 0) is 21.4 Å². The van der Waals surface area contributed by atoms with E-state index in [1.807, 2.05) is 24.3 Å². The number of nitrogens with one attached hydrogen (secondary N) is 1. The molecule has 0 spiro atoms. The number of aromatic nitrogens is 2. The van der Waals surface area contributed by atoms with Gasteiger partial charge in [0.2, 0.25) is 17.6 Å². The van der Waals surface area contributed by atoms with E-state index in [0.717, 1.165) is 22.6 Å². The monoisotopic (exact) mass is 476 g/mol. The number of ether oxygens (including phenoxy) is 1. The van der Waals surface area contributed by atoms with E-state index in [1.165, 1.54) is 4.31 Å². The van der Waals surface area contributed by atoms with Gasteiger partial charge in [-0.3, -0.25) is 4.79 Å². The SMILES string of the molecule is COc1ccc(CNC(=O)C2CCCN(S(=O)(=O)c3cc(-c4noc(C)n4)cs3)C2)cc1. The van der Waals surface area contributed by atoms with Gasteiger partial charge in [0.25, 0.3) is 10.0 Å². The van der Waals surface area contributed by atoms with Gasteiger partial charge >= 0.3 is 0 Å². The molecule has 3 aromatic rings. The van der Waals surface area contributed by atoms with Crippen molar-refractivity contribution < 1.29 is 22.5 Å². The highest BCUT2D eigenvalue weighted by atomic mass is 32.2. The molecular formula is C21H24N4O5S2. The van der Waals surface area contributed by atoms with E-state index in [9.17, 15) is 13.2 Å². The van der Waals surface area contributed by atoms with Crippen molar-refractivity contribution in [3.8, 4) is 17.1 Å². The van der Waals surface area contributed by atoms with Gasteiger partial charge in [0.15, 0.2) is 0 Å². The van der Waals surface area contributed by atoms with Crippen LogP contribution >= 0.6 is 11.3 Å². The number of carbonyl (C=O) groups is 1. The van der Waals surface area contributed by atoms with E-state index < -0.39 is 15.9 Å². The van der Waals surface area contributed by atoms with Crippen LogP contribution in [-0.4, -0.2) is 49.0 Å². The number of nitrogens with zero attached hydrogens (tertiary/aromatic N) is 3. The van der Waals surface area contributed by atoms with Crippen molar-refractivity contribution in [1.29, 1.82) is 0 Å². The fraction of sp³-hybridized carbons (Fsp3) is 0.381. The van der Waals surface area contributed by atoms with Crippen LogP contribution in [0.1, 0.15) is 24.3 Å². The van der Waals surface area contributed by atoms with E-state index in [-0.39, 0.29) is 16.7 Å². The van der Waals surface area contributed by atoms with Crippen LogP contribution in [0.3, 0.4) is 0 Å². The highest BCUT2D eigenvalue weighted by molar-refractivity contribution is 7.91. The summed E-state index contributed by atoms with van der Waals surface area (Å²) >= 11 is 1.11. The summed E-state index contributed by atoms with van der Waals surface area (Å²) in [5.74, 6) is 0.982. The van der Waals surface area contributed by atoms with E-state index in [2.05, 4.69) is 15.5 Å². The van der Waals surface area contributed by atoms with Gasteiger partial charge in [-0.25, -0.2) is 8.42 Å². The Bertz CT molecular complexity index is 1190. The van der Waals surface area contributed by atoms with Gasteiger partial charge < -0.3 is 14.6 Å². The Morgan fingerprint density at radius 3 is 2.81 bits per heavy atom. The lowest BCUT2D eigenvalue weighted by molar-refractivity contribution is -0.126. The first-order valence-electron chi connectivity index (χ1n) is 10.2. The summed E-state index contributed by atoms with van der Waals surface area (Å²) in [4.78, 5) is 16.9. The van der Waals surface area contributed by atoms with Gasteiger partial charge in [-0.05, 0) is 36.6 Å². The fourth-order valence-corrected chi connectivity index (χ4v) is 6.40. The van der Waals surface area contributed by atoms with Crippen molar-refractivity contribution in [3.05, 3.63) is 47.2 Å². The average molecular weight is 477 g/mol. The summed E-state index contributed by atoms with van der Waals surface area (Å²) in [6.07, 6.45) is 1.28. The number of benzene rings is 1. The van der Waals surface area contributed by atoms with Crippen LogP contribution in [0.4, 0.5) is 0 Å². The molecule has 0 bridgehead atoms. The molecular weight excluding hydrogens is 452 g/mol. The minimum Gasteiger partial charge on any atom is -0.497 e. The van der Waals surface area contributed by atoms with Crippen molar-refractivity contribution in [3.63, 3.8) is 0 Å². The Labute approximate surface area is 190 Å². The van der Waals surface area contributed by atoms with Crippen LogP contribution < -0.4 is 10.1 Å². The summed E-state index contributed by atoms with van der Waals surface area (Å²) in [7, 11) is -2.11. The Morgan fingerprint density at radius 1 is 1.34 bits per heavy atom. The van der Waals surface area contributed by atoms with Crippen molar-refractivity contribution in [2.45, 2.75) is 30.5 Å². The van der Waals surface area contributed by atoms with E-state index in [0.29, 0.717) is 43.2 Å². The molecule has 1 saturated heterocycles. The topological polar surface area (TPSA) is 115 Å². The second-order valence-corrected chi connectivity index (χ2v) is 10.6. The molecule has 11 heteroatoms. The normalized spacial score (nSPS) is 17.2. The van der Waals surface area contributed by atoms with Crippen LogP contribution in [0.25, 0.3) is 11.4 Å². The van der Waals surface area contributed by atoms with Gasteiger partial charge in [-0.15, -0.1) is 11.3 Å². The zero-order chi connectivity index (χ0) is 22.7. The lowest BCUT2D eigenvalue weighted by Crippen LogP contribution is -2.45. The first-order chi connectivity index (χ1) is 15.4. The number of piperidine rings is 1. The number of sulfonamides is 1. The minimum absolute atomic E-state index is 0.144. The summed E-state index contributed by atoms with van der Waals surface area (Å²) < 4.78 is 38.1. The fourth-order valence-electron chi connectivity index (χ4n) is 3.56. The molecule has 1 fully saturated rings. The number of hydrogen-bond donors (Lipinski definition) is 1. The van der Waals surface area contributed by atoms with Gasteiger partial charge in [0.1, 0.15) is 9.96 Å². The summed E-state index contributed by atoms with van der Waals surface area (Å²) in [6, 6.07) is 8.99. The molecule has 1 unspecified atom stereocenters. The molecule has 3 heterocycles. The van der Waals surface area contributed by atoms with Gasteiger partial charge in [0.05, 0.1) is 13.0 Å². The molecule has 0 aliphatic carbocycles. The van der Waals surface area contributed by atoms with Gasteiger partial charge in [-0.1, -0.05) is 17.3 Å². The Balaban J connectivity index is 1.40. The molecule has 1 amide bonds. The predicted octanol–water partition coefficient (Wildman–Crippen LogP) is 2.83. The average Bonchev–Trinajstić information content (AvgIpc) is 3.47. The molecule has 2 aromatic heterocycles. The number of hydrogen-bond acceptors (Lipinski definition) is 8. The molecule has 0 saturated carbocycles. The van der Waals surface area contributed by atoms with Crippen LogP contribution in [0.5, 0.6) is 5.75 Å². The lowest BCUT2D eigenvalue weighted by Gasteiger charge is -2.30. The second kappa shape index (κ2) is 9.39. The number of thiophene rings is 1. The van der Waals surface area contributed by atoms with Crippen LogP contribution in [0.2, 0.25) is 0 Å². The highest BCUT2D eigenvalue weighted by Gasteiger charge is 2.34. The zero-order valence-electron chi connectivity index (χ0n) is 17.8. The number of methoxy groups -OCH3 is 1. The van der Waals surface area contributed by atoms with Crippen molar-refractivity contribution in [2.75, 3.05) is 20.2 Å². The third-order valence-electron chi connectivity index (χ3n) is 5.34. The predicted molar refractivity (Wildman–Crippen MR) is 119 cm³/mol. The molecule has 32 heavy (non-hydrogen) atoms. The van der Waals surface area contributed by atoms with E-state index in [4.69, 9.17) is 9.26 Å². The first-order valence-corrected chi connectivity index (χ1v) is 12.5. The first kappa shape index (κ1) is 22.4. The third kappa shape index (κ3) is 4.84. The molecule has 0 radical (unpaired) electrons. The smallest absolute Gasteiger partial charge is 0.252 e. The quantitative estimate of drug-likeness (QED) is 0.558. The summed E-state index contributed by atoms with van der Waals surface area (Å²) in [5.41, 5.74) is 1.54. The molecule has 1 N–H and O–H groups in total. The number of aryl methyl sites for hydroxylation is 1. The van der Waals surface area contributed by atoms with E-state index in [1.54, 1.807) is 25.5 Å². The molecule has 4 rings (SSSR count). The Hall–Kier alpha value is -2.76. The van der Waals surface area contributed by atoms with Crippen LogP contribution in [0, 0.1) is 12.8 Å². The molecule has 1 aliphatic heterocycles. The molecule has 170 valence electrons. The van der Waals surface area contributed by atoms with Crippen molar-refractivity contribution in [1.82, 2.24) is 19.8 Å². The Morgan fingerprint density at radius 2 is 2.12 bits per heavy atom. The second-order valence-electron chi connectivity index (χ2n) is 7.56. The summed E-state index contributed by atoms with van der Waals surface area (Å²) in [6.45, 7) is 2.60. The minimum atomic E-state index is -3.71. The van der Waals surface area contributed by atoms with Gasteiger partial charge in [0, 0.05) is 37.5 Å². The standard InChI is InChI=1S/C21H24N4O5S2/c1-14-23-20(24-30-14)17-10-19(31-13-17)32(27,28)25-9-3-4-16(12-25)21(26)22-11-15-5-7-18(29-2)8-6-15/h5-8,10,13,16H,3-4,9,11-12H2,1-2H3,(H,22,26). The maximum atomic E-state index is 13.2. The number of rotatable bonds is 7. The van der Waals surface area contributed by atoms with Crippen molar-refractivity contribution >= 4 is 27.3 Å². The Kier molecular flexibility index (Phi) is 6.58. The maximum absolute atomic E-state index is 13.2. The lowest BCUT2D eigenvalue weighted by atomic mass is 9.99. The van der Waals surface area contributed by atoms with Gasteiger partial charge in [-0.2, -0.15) is 9.29 Å². The number of carbonyl (C=O) groups excluding carboxylic acids is 1. The largest absolute Gasteiger partial charge is 0.497 e. The zero-order valence-corrected chi connectivity index (χ0v) is 19.4. The van der Waals surface area contributed by atoms with Crippen LogP contribution in [0.15, 0.2) is 44.4 Å². The maximum Gasteiger partial charge on any atom is 0.252 e. The highest BCUT2D eigenvalue weighted by Crippen LogP contribution is 2.31. The third-order valence-corrected chi connectivity index (χ3v) is 8.62.